The Labute approximate surface area is 153 Å². The molecule has 1 aliphatic rings. The summed E-state index contributed by atoms with van der Waals surface area (Å²) in [6.07, 6.45) is 4.64. The molecule has 0 aromatic heterocycles. The smallest absolute Gasteiger partial charge is 0.123 e. The van der Waals surface area contributed by atoms with Crippen LogP contribution in [0.4, 0.5) is 0 Å². The van der Waals surface area contributed by atoms with Crippen molar-refractivity contribution in [1.82, 2.24) is 9.80 Å². The lowest BCUT2D eigenvalue weighted by Gasteiger charge is -2.42. The number of nitrogens with zero attached hydrogens (tertiary/aromatic N) is 3. The van der Waals surface area contributed by atoms with Gasteiger partial charge in [-0.15, -0.1) is 0 Å². The van der Waals surface area contributed by atoms with Crippen LogP contribution in [0.25, 0.3) is 0 Å². The van der Waals surface area contributed by atoms with Crippen LogP contribution in [-0.4, -0.2) is 48.6 Å². The number of nitriles is 1. The molecule has 0 saturated carbocycles. The fourth-order valence-corrected chi connectivity index (χ4v) is 3.61. The maximum Gasteiger partial charge on any atom is 0.123 e. The van der Waals surface area contributed by atoms with Crippen LogP contribution >= 0.6 is 0 Å². The van der Waals surface area contributed by atoms with Crippen LogP contribution in [0, 0.1) is 11.3 Å². The summed E-state index contributed by atoms with van der Waals surface area (Å²) in [5.74, 6) is 0.902. The highest BCUT2D eigenvalue weighted by atomic mass is 16.5. The van der Waals surface area contributed by atoms with E-state index in [4.69, 9.17) is 4.74 Å². The van der Waals surface area contributed by atoms with Gasteiger partial charge in [0.05, 0.1) is 12.7 Å². The standard InChI is InChI=1S/C21H33N3O/c1-4-7-8-15-25-20-11-9-18(10-12-20)21(16-22)24-14-13-23(6-3)19(5-2)17-24/h9-12,19,21H,4-8,13-15,17H2,1-3H3. The van der Waals surface area contributed by atoms with E-state index in [1.165, 1.54) is 12.8 Å². The zero-order chi connectivity index (χ0) is 18.1. The Morgan fingerprint density at radius 2 is 1.92 bits per heavy atom. The number of hydrogen-bond donors (Lipinski definition) is 0. The minimum absolute atomic E-state index is 0.165. The van der Waals surface area contributed by atoms with E-state index in [-0.39, 0.29) is 6.04 Å². The molecule has 0 aliphatic carbocycles. The average molecular weight is 344 g/mol. The van der Waals surface area contributed by atoms with Crippen LogP contribution in [0.1, 0.15) is 58.1 Å². The molecule has 1 aromatic carbocycles. The molecular weight excluding hydrogens is 310 g/mol. The van der Waals surface area contributed by atoms with Gasteiger partial charge in [-0.3, -0.25) is 9.80 Å². The van der Waals surface area contributed by atoms with Crippen molar-refractivity contribution < 1.29 is 4.74 Å². The summed E-state index contributed by atoms with van der Waals surface area (Å²) in [4.78, 5) is 4.86. The van der Waals surface area contributed by atoms with Gasteiger partial charge in [-0.1, -0.05) is 45.7 Å². The van der Waals surface area contributed by atoms with Gasteiger partial charge in [0.15, 0.2) is 0 Å². The quantitative estimate of drug-likeness (QED) is 0.629. The van der Waals surface area contributed by atoms with Gasteiger partial charge in [-0.2, -0.15) is 5.26 Å². The van der Waals surface area contributed by atoms with Crippen LogP contribution in [0.5, 0.6) is 5.75 Å². The number of hydrogen-bond acceptors (Lipinski definition) is 4. The normalized spacial score (nSPS) is 20.2. The highest BCUT2D eigenvalue weighted by Gasteiger charge is 2.29. The molecule has 138 valence electrons. The van der Waals surface area contributed by atoms with E-state index in [0.717, 1.165) is 56.9 Å². The van der Waals surface area contributed by atoms with Crippen LogP contribution < -0.4 is 4.74 Å². The lowest BCUT2D eigenvalue weighted by atomic mass is 10.0. The van der Waals surface area contributed by atoms with Gasteiger partial charge in [0.25, 0.3) is 0 Å². The van der Waals surface area contributed by atoms with Crippen molar-refractivity contribution in [2.45, 2.75) is 58.5 Å². The zero-order valence-electron chi connectivity index (χ0n) is 16.1. The number of piperazine rings is 1. The second kappa shape index (κ2) is 10.4. The van der Waals surface area contributed by atoms with E-state index >= 15 is 0 Å². The topological polar surface area (TPSA) is 39.5 Å². The van der Waals surface area contributed by atoms with Gasteiger partial charge < -0.3 is 4.74 Å². The molecule has 1 saturated heterocycles. The van der Waals surface area contributed by atoms with E-state index in [9.17, 15) is 5.26 Å². The van der Waals surface area contributed by atoms with Crippen LogP contribution in [0.3, 0.4) is 0 Å². The fraction of sp³-hybridized carbons (Fsp3) is 0.667. The van der Waals surface area contributed by atoms with E-state index < -0.39 is 0 Å². The van der Waals surface area contributed by atoms with Gasteiger partial charge in [-0.25, -0.2) is 0 Å². The first kappa shape index (κ1) is 19.8. The van der Waals surface area contributed by atoms with Gasteiger partial charge in [0, 0.05) is 25.7 Å². The van der Waals surface area contributed by atoms with Crippen molar-refractivity contribution in [3.8, 4) is 11.8 Å². The van der Waals surface area contributed by atoms with Crippen molar-refractivity contribution >= 4 is 0 Å². The van der Waals surface area contributed by atoms with Crippen molar-refractivity contribution in [3.63, 3.8) is 0 Å². The van der Waals surface area contributed by atoms with Crippen molar-refractivity contribution in [2.75, 3.05) is 32.8 Å². The molecule has 0 spiro atoms. The van der Waals surface area contributed by atoms with E-state index in [0.29, 0.717) is 6.04 Å². The molecule has 1 aromatic rings. The average Bonchev–Trinajstić information content (AvgIpc) is 2.66. The molecule has 0 N–H and O–H groups in total. The predicted octanol–water partition coefficient (Wildman–Crippen LogP) is 4.24. The van der Waals surface area contributed by atoms with Crippen LogP contribution in [0.2, 0.25) is 0 Å². The Hall–Kier alpha value is -1.57. The molecule has 0 bridgehead atoms. The number of unbranched alkanes of at least 4 members (excludes halogenated alkanes) is 2. The maximum absolute atomic E-state index is 9.75. The third-order valence-electron chi connectivity index (χ3n) is 5.21. The Balaban J connectivity index is 1.97. The Bertz CT molecular complexity index is 537. The van der Waals surface area contributed by atoms with Crippen LogP contribution in [0.15, 0.2) is 24.3 Å². The minimum Gasteiger partial charge on any atom is -0.494 e. The molecule has 2 unspecified atom stereocenters. The van der Waals surface area contributed by atoms with Crippen molar-refractivity contribution in [1.29, 1.82) is 5.26 Å². The molecule has 4 heteroatoms. The van der Waals surface area contributed by atoms with Gasteiger partial charge in [0.2, 0.25) is 0 Å². The van der Waals surface area contributed by atoms with Gasteiger partial charge >= 0.3 is 0 Å². The summed E-state index contributed by atoms with van der Waals surface area (Å²) in [6, 6.07) is 11.0. The Morgan fingerprint density at radius 3 is 2.52 bits per heavy atom. The predicted molar refractivity (Wildman–Crippen MR) is 103 cm³/mol. The first-order valence-electron chi connectivity index (χ1n) is 9.83. The lowest BCUT2D eigenvalue weighted by Crippen LogP contribution is -2.53. The lowest BCUT2D eigenvalue weighted by molar-refractivity contribution is 0.0623. The summed E-state index contributed by atoms with van der Waals surface area (Å²) in [5, 5.41) is 9.75. The molecule has 1 heterocycles. The van der Waals surface area contributed by atoms with Crippen molar-refractivity contribution in [2.24, 2.45) is 0 Å². The van der Waals surface area contributed by atoms with Crippen molar-refractivity contribution in [3.05, 3.63) is 29.8 Å². The maximum atomic E-state index is 9.75. The molecule has 0 amide bonds. The molecular formula is C21H33N3O. The largest absolute Gasteiger partial charge is 0.494 e. The molecule has 25 heavy (non-hydrogen) atoms. The SMILES string of the molecule is CCCCCOc1ccc(C(C#N)N2CCN(CC)C(CC)C2)cc1. The van der Waals surface area contributed by atoms with Gasteiger partial charge in [0.1, 0.15) is 11.8 Å². The molecule has 0 radical (unpaired) electrons. The summed E-state index contributed by atoms with van der Waals surface area (Å²) < 4.78 is 5.78. The summed E-state index contributed by atoms with van der Waals surface area (Å²) in [5.41, 5.74) is 1.07. The first-order chi connectivity index (χ1) is 12.2. The molecule has 1 fully saturated rings. The minimum atomic E-state index is -0.165. The second-order valence-electron chi connectivity index (χ2n) is 6.84. The summed E-state index contributed by atoms with van der Waals surface area (Å²) >= 11 is 0. The Morgan fingerprint density at radius 1 is 1.16 bits per heavy atom. The van der Waals surface area contributed by atoms with E-state index in [1.807, 2.05) is 12.1 Å². The third kappa shape index (κ3) is 5.45. The molecule has 2 rings (SSSR count). The summed E-state index contributed by atoms with van der Waals surface area (Å²) in [7, 11) is 0. The summed E-state index contributed by atoms with van der Waals surface area (Å²) in [6.45, 7) is 11.5. The first-order valence-corrected chi connectivity index (χ1v) is 9.83. The van der Waals surface area contributed by atoms with E-state index in [1.54, 1.807) is 0 Å². The number of benzene rings is 1. The number of rotatable bonds is 9. The zero-order valence-corrected chi connectivity index (χ0v) is 16.1. The molecule has 1 aliphatic heterocycles. The highest BCUT2D eigenvalue weighted by Crippen LogP contribution is 2.26. The number of ether oxygens (including phenoxy) is 1. The second-order valence-corrected chi connectivity index (χ2v) is 6.84. The van der Waals surface area contributed by atoms with E-state index in [2.05, 4.69) is 48.8 Å². The fourth-order valence-electron chi connectivity index (χ4n) is 3.61. The molecule has 2 atom stereocenters. The molecule has 4 nitrogen and oxygen atoms in total. The monoisotopic (exact) mass is 343 g/mol. The Kier molecular flexibility index (Phi) is 8.24. The number of likely N-dealkylation sites (N-methyl/N-ethyl adjacent to an activating group) is 1. The van der Waals surface area contributed by atoms with Crippen LogP contribution in [-0.2, 0) is 0 Å². The highest BCUT2D eigenvalue weighted by molar-refractivity contribution is 5.32. The third-order valence-corrected chi connectivity index (χ3v) is 5.21. The van der Waals surface area contributed by atoms with Gasteiger partial charge in [-0.05, 0) is 37.1 Å².